The number of hydrogen-bond donors (Lipinski definition) is 0. The first-order chi connectivity index (χ1) is 17.4. The molecule has 1 nitrogen and oxygen atoms in total. The van der Waals surface area contributed by atoms with E-state index in [0.717, 1.165) is 18.8 Å². The van der Waals surface area contributed by atoms with Gasteiger partial charge in [-0.15, -0.1) is 0 Å². The summed E-state index contributed by atoms with van der Waals surface area (Å²) in [6.07, 6.45) is 17.9. The summed E-state index contributed by atoms with van der Waals surface area (Å²) >= 11 is 0. The predicted molar refractivity (Wildman–Crippen MR) is 153 cm³/mol. The molecule has 0 unspecified atom stereocenters. The van der Waals surface area contributed by atoms with E-state index in [0.29, 0.717) is 0 Å². The molecule has 0 amide bonds. The zero-order chi connectivity index (χ0) is 24.4. The molecule has 0 saturated carbocycles. The van der Waals surface area contributed by atoms with Crippen LogP contribution in [0.2, 0.25) is 0 Å². The molecular weight excluding hydrogens is 444 g/mol. The third-order valence-electron chi connectivity index (χ3n) is 6.53. The van der Waals surface area contributed by atoms with Crippen LogP contribution in [0.1, 0.15) is 90.4 Å². The summed E-state index contributed by atoms with van der Waals surface area (Å²) in [5.74, 6) is 0.984. The molecule has 3 rings (SSSR count). The zero-order valence-electron chi connectivity index (χ0n) is 21.8. The van der Waals surface area contributed by atoms with Crippen LogP contribution in [-0.4, -0.2) is 6.61 Å². The van der Waals surface area contributed by atoms with Crippen LogP contribution >= 0.6 is 0 Å². The van der Waals surface area contributed by atoms with E-state index in [1.807, 2.05) is 0 Å². The lowest BCUT2D eigenvalue weighted by molar-refractivity contribution is 0.304. The largest absolute Gasteiger partial charge is 0.494 e. The number of unbranched alkanes of at least 4 members (excludes halogenated alkanes) is 12. The van der Waals surface area contributed by atoms with E-state index in [1.165, 1.54) is 91.7 Å². The third kappa shape index (κ3) is 10.5. The maximum atomic E-state index is 6.06. The lowest BCUT2D eigenvalue weighted by atomic mass is 10.0. The van der Waals surface area contributed by atoms with Gasteiger partial charge in [-0.05, 0) is 55.0 Å². The average molecular weight is 490 g/mol. The summed E-state index contributed by atoms with van der Waals surface area (Å²) in [5.41, 5.74) is 0. The highest BCUT2D eigenvalue weighted by Gasteiger charge is 2.28. The maximum absolute atomic E-state index is 6.06. The Labute approximate surface area is 217 Å². The molecule has 0 aliphatic carbocycles. The molecule has 2 heteroatoms. The van der Waals surface area contributed by atoms with E-state index in [4.69, 9.17) is 4.74 Å². The van der Waals surface area contributed by atoms with Gasteiger partial charge in [0.15, 0.2) is 14.7 Å². The van der Waals surface area contributed by atoms with Crippen LogP contribution in [-0.2, 0) is 10.9 Å². The van der Waals surface area contributed by atoms with Crippen LogP contribution in [0.25, 0.3) is 0 Å². The van der Waals surface area contributed by atoms with Gasteiger partial charge in [0.05, 0.1) is 17.5 Å². The van der Waals surface area contributed by atoms with Gasteiger partial charge >= 0.3 is 0 Å². The van der Waals surface area contributed by atoms with E-state index in [2.05, 4.69) is 91.9 Å². The first-order valence-corrected chi connectivity index (χ1v) is 15.2. The van der Waals surface area contributed by atoms with Gasteiger partial charge in [0.2, 0.25) is 0 Å². The number of benzene rings is 3. The van der Waals surface area contributed by atoms with Crippen LogP contribution in [0.3, 0.4) is 0 Å². The summed E-state index contributed by atoms with van der Waals surface area (Å²) in [7, 11) is -0.0954. The van der Waals surface area contributed by atoms with E-state index in [-0.39, 0.29) is 10.9 Å². The fourth-order valence-corrected chi connectivity index (χ4v) is 6.59. The Morgan fingerprint density at radius 1 is 0.457 bits per heavy atom. The van der Waals surface area contributed by atoms with Gasteiger partial charge in [0.1, 0.15) is 5.75 Å². The van der Waals surface area contributed by atoms with Gasteiger partial charge in [-0.1, -0.05) is 120 Å². The Morgan fingerprint density at radius 2 is 0.857 bits per heavy atom. The SMILES string of the molecule is CCCCCCCCCCCCCCCOc1ccc([S+](c2ccccc2)c2ccccc2)cc1. The highest BCUT2D eigenvalue weighted by molar-refractivity contribution is 7.97. The van der Waals surface area contributed by atoms with Crippen molar-refractivity contribution < 1.29 is 4.74 Å². The second-order valence-corrected chi connectivity index (χ2v) is 11.5. The van der Waals surface area contributed by atoms with Crippen molar-refractivity contribution in [3.05, 3.63) is 84.9 Å². The van der Waals surface area contributed by atoms with E-state index in [1.54, 1.807) is 0 Å². The molecule has 0 aromatic heterocycles. The Bertz CT molecular complexity index is 852. The summed E-state index contributed by atoms with van der Waals surface area (Å²) in [6, 6.07) is 30.4. The molecule has 0 saturated heterocycles. The van der Waals surface area contributed by atoms with Crippen LogP contribution < -0.4 is 4.74 Å². The fraction of sp³-hybridized carbons (Fsp3) is 0.455. The van der Waals surface area contributed by atoms with E-state index < -0.39 is 0 Å². The highest BCUT2D eigenvalue weighted by atomic mass is 32.2. The number of ether oxygens (including phenoxy) is 1. The molecule has 0 bridgehead atoms. The molecule has 0 N–H and O–H groups in total. The normalized spacial score (nSPS) is 11.1. The van der Waals surface area contributed by atoms with Crippen LogP contribution in [0, 0.1) is 0 Å². The topological polar surface area (TPSA) is 9.23 Å². The molecule has 0 heterocycles. The van der Waals surface area contributed by atoms with Gasteiger partial charge in [-0.25, -0.2) is 0 Å². The van der Waals surface area contributed by atoms with Crippen molar-refractivity contribution in [2.75, 3.05) is 6.61 Å². The molecule has 0 spiro atoms. The van der Waals surface area contributed by atoms with Crippen LogP contribution in [0.4, 0.5) is 0 Å². The maximum Gasteiger partial charge on any atom is 0.166 e. The van der Waals surface area contributed by atoms with E-state index in [9.17, 15) is 0 Å². The minimum atomic E-state index is -0.0954. The van der Waals surface area contributed by atoms with Crippen molar-refractivity contribution >= 4 is 10.9 Å². The molecule has 188 valence electrons. The van der Waals surface area contributed by atoms with Gasteiger partial charge in [0.25, 0.3) is 0 Å². The smallest absolute Gasteiger partial charge is 0.166 e. The van der Waals surface area contributed by atoms with Crippen molar-refractivity contribution in [1.29, 1.82) is 0 Å². The molecular formula is C33H45OS+. The standard InChI is InChI=1S/C33H45OS/c1-2-3-4-5-6-7-8-9-10-11-12-13-20-29-34-30-25-27-33(28-26-30)35(31-21-16-14-17-22-31)32-23-18-15-19-24-32/h14-19,21-28H,2-13,20,29H2,1H3/q+1. The Morgan fingerprint density at radius 3 is 1.31 bits per heavy atom. The minimum Gasteiger partial charge on any atom is -0.494 e. The summed E-state index contributed by atoms with van der Waals surface area (Å²) in [5, 5.41) is 0. The second kappa shape index (κ2) is 17.3. The van der Waals surface area contributed by atoms with Crippen molar-refractivity contribution in [3.63, 3.8) is 0 Å². The van der Waals surface area contributed by atoms with Crippen molar-refractivity contribution in [2.45, 2.75) is 105 Å². The van der Waals surface area contributed by atoms with E-state index >= 15 is 0 Å². The van der Waals surface area contributed by atoms with Gasteiger partial charge in [-0.2, -0.15) is 0 Å². The molecule has 0 fully saturated rings. The summed E-state index contributed by atoms with van der Waals surface area (Å²) in [4.78, 5) is 4.02. The Balaban J connectivity index is 1.32. The second-order valence-electron chi connectivity index (χ2n) is 9.49. The average Bonchev–Trinajstić information content (AvgIpc) is 2.91. The molecule has 0 radical (unpaired) electrons. The molecule has 3 aromatic carbocycles. The highest BCUT2D eigenvalue weighted by Crippen LogP contribution is 2.31. The van der Waals surface area contributed by atoms with Crippen LogP contribution in [0.5, 0.6) is 5.75 Å². The first-order valence-electron chi connectivity index (χ1n) is 14.0. The molecule has 0 atom stereocenters. The van der Waals surface area contributed by atoms with Gasteiger partial charge < -0.3 is 4.74 Å². The third-order valence-corrected chi connectivity index (χ3v) is 8.76. The first kappa shape index (κ1) is 27.4. The molecule has 35 heavy (non-hydrogen) atoms. The van der Waals surface area contributed by atoms with Crippen LogP contribution in [0.15, 0.2) is 99.6 Å². The Hall–Kier alpha value is -2.19. The predicted octanol–water partition coefficient (Wildman–Crippen LogP) is 10.3. The number of rotatable bonds is 18. The molecule has 3 aromatic rings. The Kier molecular flexibility index (Phi) is 13.5. The lowest BCUT2D eigenvalue weighted by Gasteiger charge is -2.10. The molecule has 0 aliphatic heterocycles. The number of hydrogen-bond acceptors (Lipinski definition) is 1. The fourth-order valence-electron chi connectivity index (χ4n) is 4.50. The summed E-state index contributed by atoms with van der Waals surface area (Å²) in [6.45, 7) is 3.11. The monoisotopic (exact) mass is 489 g/mol. The lowest BCUT2D eigenvalue weighted by Crippen LogP contribution is -2.04. The molecule has 0 aliphatic rings. The van der Waals surface area contributed by atoms with Gasteiger partial charge in [-0.3, -0.25) is 0 Å². The van der Waals surface area contributed by atoms with Crippen molar-refractivity contribution in [2.24, 2.45) is 0 Å². The quantitative estimate of drug-likeness (QED) is 0.127. The van der Waals surface area contributed by atoms with Crippen molar-refractivity contribution in [1.82, 2.24) is 0 Å². The van der Waals surface area contributed by atoms with Crippen molar-refractivity contribution in [3.8, 4) is 5.75 Å². The zero-order valence-corrected chi connectivity index (χ0v) is 22.6. The minimum absolute atomic E-state index is 0.0954. The summed E-state index contributed by atoms with van der Waals surface area (Å²) < 4.78 is 6.06. The van der Waals surface area contributed by atoms with Gasteiger partial charge in [0, 0.05) is 0 Å².